The van der Waals surface area contributed by atoms with Crippen LogP contribution in [0.15, 0.2) is 4.99 Å². The minimum Gasteiger partial charge on any atom is -0.444 e. The van der Waals surface area contributed by atoms with Crippen molar-refractivity contribution < 1.29 is 9.53 Å². The molecule has 0 radical (unpaired) electrons. The largest absolute Gasteiger partial charge is 0.444 e. The van der Waals surface area contributed by atoms with Crippen LogP contribution in [0.1, 0.15) is 47.5 Å². The first-order valence-electron chi connectivity index (χ1n) is 9.27. The van der Waals surface area contributed by atoms with Crippen LogP contribution < -0.4 is 10.6 Å². The molecule has 154 valence electrons. The Kier molecular flexibility index (Phi) is 11.5. The molecule has 0 unspecified atom stereocenters. The van der Waals surface area contributed by atoms with E-state index in [0.29, 0.717) is 25.2 Å². The van der Waals surface area contributed by atoms with Gasteiger partial charge in [0, 0.05) is 52.4 Å². The highest BCUT2D eigenvalue weighted by Gasteiger charge is 2.22. The molecule has 1 rings (SSSR count). The van der Waals surface area contributed by atoms with Crippen molar-refractivity contribution in [3.8, 4) is 0 Å². The Morgan fingerprint density at radius 1 is 1.31 bits per heavy atom. The van der Waals surface area contributed by atoms with Gasteiger partial charge in [-0.05, 0) is 47.5 Å². The normalized spacial score (nSPS) is 16.8. The summed E-state index contributed by atoms with van der Waals surface area (Å²) in [7, 11) is 3.52. The van der Waals surface area contributed by atoms with Crippen molar-refractivity contribution in [1.82, 2.24) is 20.4 Å². The van der Waals surface area contributed by atoms with Gasteiger partial charge in [0.1, 0.15) is 5.60 Å². The van der Waals surface area contributed by atoms with Gasteiger partial charge in [0.2, 0.25) is 0 Å². The number of likely N-dealkylation sites (N-methyl/N-ethyl adjacent to an activating group) is 1. The van der Waals surface area contributed by atoms with E-state index < -0.39 is 5.60 Å². The molecule has 0 atom stereocenters. The van der Waals surface area contributed by atoms with Crippen LogP contribution in [0.5, 0.6) is 0 Å². The Morgan fingerprint density at radius 2 is 1.88 bits per heavy atom. The van der Waals surface area contributed by atoms with Crippen molar-refractivity contribution >= 4 is 36.0 Å². The van der Waals surface area contributed by atoms with Gasteiger partial charge >= 0.3 is 6.09 Å². The van der Waals surface area contributed by atoms with Crippen LogP contribution in [0.25, 0.3) is 0 Å². The summed E-state index contributed by atoms with van der Waals surface area (Å²) in [4.78, 5) is 20.3. The maximum Gasteiger partial charge on any atom is 0.410 e. The summed E-state index contributed by atoms with van der Waals surface area (Å²) in [6.45, 7) is 13.5. The first-order valence-corrected chi connectivity index (χ1v) is 9.27. The monoisotopic (exact) mass is 483 g/mol. The Balaban J connectivity index is 0.00000625. The molecule has 1 aliphatic heterocycles. The number of halogens is 1. The van der Waals surface area contributed by atoms with Crippen molar-refractivity contribution in [2.45, 2.75) is 65.1 Å². The van der Waals surface area contributed by atoms with Gasteiger partial charge in [-0.15, -0.1) is 24.0 Å². The zero-order valence-electron chi connectivity index (χ0n) is 17.5. The standard InChI is InChI=1S/C18H37N5O2.HI/c1-14(2)23-11-8-15(9-12-23)21-16(19-6)20-10-13-22(7)17(24)25-18(3,4)5;/h14-15H,8-13H2,1-7H3,(H2,19,20,21);1H. The van der Waals surface area contributed by atoms with Gasteiger partial charge in [0.05, 0.1) is 0 Å². The number of guanidine groups is 1. The van der Waals surface area contributed by atoms with E-state index in [0.717, 1.165) is 31.9 Å². The molecular weight excluding hydrogens is 445 g/mol. The Hall–Kier alpha value is -0.770. The third-order valence-electron chi connectivity index (χ3n) is 4.27. The molecule has 0 saturated carbocycles. The second kappa shape index (κ2) is 11.8. The third kappa shape index (κ3) is 9.80. The first kappa shape index (κ1) is 25.2. The molecule has 1 heterocycles. The van der Waals surface area contributed by atoms with Gasteiger partial charge < -0.3 is 25.2 Å². The first-order chi connectivity index (χ1) is 11.6. The highest BCUT2D eigenvalue weighted by molar-refractivity contribution is 14.0. The average molecular weight is 483 g/mol. The number of carbonyl (C=O) groups excluding carboxylic acids is 1. The Bertz CT molecular complexity index is 443. The molecule has 2 N–H and O–H groups in total. The van der Waals surface area contributed by atoms with E-state index in [4.69, 9.17) is 4.74 Å². The number of amides is 1. The summed E-state index contributed by atoms with van der Waals surface area (Å²) in [5, 5.41) is 6.76. The molecule has 7 nitrogen and oxygen atoms in total. The quantitative estimate of drug-likeness (QED) is 0.358. The minimum absolute atomic E-state index is 0. The summed E-state index contributed by atoms with van der Waals surface area (Å²) >= 11 is 0. The molecule has 1 saturated heterocycles. The van der Waals surface area contributed by atoms with Crippen LogP contribution in [0.2, 0.25) is 0 Å². The number of hydrogen-bond donors (Lipinski definition) is 2. The minimum atomic E-state index is -0.471. The van der Waals surface area contributed by atoms with E-state index in [1.54, 1.807) is 19.0 Å². The predicted molar refractivity (Wildman–Crippen MR) is 119 cm³/mol. The van der Waals surface area contributed by atoms with Gasteiger partial charge in [0.15, 0.2) is 5.96 Å². The van der Waals surface area contributed by atoms with Crippen molar-refractivity contribution in [3.05, 3.63) is 0 Å². The fourth-order valence-electron chi connectivity index (χ4n) is 2.72. The molecule has 1 aliphatic rings. The maximum absolute atomic E-state index is 11.9. The maximum atomic E-state index is 11.9. The number of ether oxygens (including phenoxy) is 1. The molecule has 0 aliphatic carbocycles. The van der Waals surface area contributed by atoms with Crippen LogP contribution in [-0.2, 0) is 4.74 Å². The zero-order chi connectivity index (χ0) is 19.0. The van der Waals surface area contributed by atoms with Crippen molar-refractivity contribution in [3.63, 3.8) is 0 Å². The number of nitrogens with one attached hydrogen (secondary N) is 2. The molecule has 0 aromatic heterocycles. The van der Waals surface area contributed by atoms with E-state index >= 15 is 0 Å². The summed E-state index contributed by atoms with van der Waals surface area (Å²) in [6, 6.07) is 1.06. The van der Waals surface area contributed by atoms with E-state index in [9.17, 15) is 4.79 Å². The lowest BCUT2D eigenvalue weighted by Gasteiger charge is -2.35. The molecular formula is C18H38IN5O2. The summed E-state index contributed by atoms with van der Waals surface area (Å²) in [6.07, 6.45) is 1.94. The second-order valence-corrected chi connectivity index (χ2v) is 7.95. The highest BCUT2D eigenvalue weighted by atomic mass is 127. The lowest BCUT2D eigenvalue weighted by atomic mass is 10.0. The Labute approximate surface area is 176 Å². The Morgan fingerprint density at radius 3 is 2.35 bits per heavy atom. The average Bonchev–Trinajstić information content (AvgIpc) is 2.52. The van der Waals surface area contributed by atoms with E-state index in [-0.39, 0.29) is 30.1 Å². The van der Waals surface area contributed by atoms with Gasteiger partial charge in [-0.3, -0.25) is 4.99 Å². The number of hydrogen-bond acceptors (Lipinski definition) is 4. The van der Waals surface area contributed by atoms with Crippen molar-refractivity contribution in [2.24, 2.45) is 4.99 Å². The van der Waals surface area contributed by atoms with Gasteiger partial charge in [-0.1, -0.05) is 0 Å². The summed E-state index contributed by atoms with van der Waals surface area (Å²) in [5.41, 5.74) is -0.471. The highest BCUT2D eigenvalue weighted by Crippen LogP contribution is 2.12. The lowest BCUT2D eigenvalue weighted by molar-refractivity contribution is 0.0302. The van der Waals surface area contributed by atoms with E-state index in [1.165, 1.54) is 0 Å². The van der Waals surface area contributed by atoms with Crippen LogP contribution in [-0.4, -0.2) is 79.8 Å². The molecule has 1 amide bonds. The topological polar surface area (TPSA) is 69.2 Å². The fraction of sp³-hybridized carbons (Fsp3) is 0.889. The number of aliphatic imine (C=N–C) groups is 1. The molecule has 26 heavy (non-hydrogen) atoms. The van der Waals surface area contributed by atoms with Crippen LogP contribution in [0, 0.1) is 0 Å². The van der Waals surface area contributed by atoms with Crippen LogP contribution >= 0.6 is 24.0 Å². The van der Waals surface area contributed by atoms with Crippen LogP contribution in [0.4, 0.5) is 4.79 Å². The lowest BCUT2D eigenvalue weighted by Crippen LogP contribution is -2.50. The smallest absolute Gasteiger partial charge is 0.410 e. The second-order valence-electron chi connectivity index (χ2n) is 7.95. The number of nitrogens with zero attached hydrogens (tertiary/aromatic N) is 3. The molecule has 1 fully saturated rings. The zero-order valence-corrected chi connectivity index (χ0v) is 19.8. The molecule has 8 heteroatoms. The van der Waals surface area contributed by atoms with Crippen molar-refractivity contribution in [1.29, 1.82) is 0 Å². The predicted octanol–water partition coefficient (Wildman–Crippen LogP) is 2.51. The van der Waals surface area contributed by atoms with Gasteiger partial charge in [0.25, 0.3) is 0 Å². The number of carbonyl (C=O) groups is 1. The number of likely N-dealkylation sites (tertiary alicyclic amines) is 1. The third-order valence-corrected chi connectivity index (χ3v) is 4.27. The van der Waals surface area contributed by atoms with E-state index in [2.05, 4.69) is 34.4 Å². The van der Waals surface area contributed by atoms with Gasteiger partial charge in [-0.2, -0.15) is 0 Å². The van der Waals surface area contributed by atoms with Gasteiger partial charge in [-0.25, -0.2) is 4.79 Å². The summed E-state index contributed by atoms with van der Waals surface area (Å²) in [5.74, 6) is 0.792. The van der Waals surface area contributed by atoms with Crippen molar-refractivity contribution in [2.75, 3.05) is 40.3 Å². The fourth-order valence-corrected chi connectivity index (χ4v) is 2.72. The summed E-state index contributed by atoms with van der Waals surface area (Å²) < 4.78 is 5.34. The number of piperidine rings is 1. The SMILES string of the molecule is CN=C(NCCN(C)C(=O)OC(C)(C)C)NC1CCN(C(C)C)CC1.I. The van der Waals surface area contributed by atoms with E-state index in [1.807, 2.05) is 20.8 Å². The van der Waals surface area contributed by atoms with Crippen LogP contribution in [0.3, 0.4) is 0 Å². The molecule has 0 aromatic carbocycles. The molecule has 0 aromatic rings. The molecule has 0 spiro atoms. The number of rotatable bonds is 5. The molecule has 0 bridgehead atoms.